The molecule has 0 saturated carbocycles. The van der Waals surface area contributed by atoms with E-state index < -0.39 is 5.63 Å². The van der Waals surface area contributed by atoms with Crippen LogP contribution < -0.4 is 11.4 Å². The molecule has 2 rings (SSSR count). The average Bonchev–Trinajstić information content (AvgIpc) is 2.02. The van der Waals surface area contributed by atoms with Gasteiger partial charge in [0.25, 0.3) is 0 Å². The van der Waals surface area contributed by atoms with Crippen molar-refractivity contribution in [1.29, 1.82) is 0 Å². The molecule has 0 amide bonds. The number of nitrogen functional groups attached to an aromatic ring is 1. The van der Waals surface area contributed by atoms with Crippen molar-refractivity contribution in [2.24, 2.45) is 0 Å². The van der Waals surface area contributed by atoms with E-state index in [0.717, 1.165) is 6.07 Å². The number of aromatic hydroxyl groups is 1. The summed E-state index contributed by atoms with van der Waals surface area (Å²) in [5.74, 6) is -0.149. The van der Waals surface area contributed by atoms with E-state index in [1.807, 2.05) is 0 Å². The molecule has 0 radical (unpaired) electrons. The van der Waals surface area contributed by atoms with Crippen molar-refractivity contribution in [3.05, 3.63) is 34.7 Å². The highest BCUT2D eigenvalue weighted by Gasteiger charge is 2.05. The first kappa shape index (κ1) is 7.67. The molecular weight excluding hydrogens is 170 g/mol. The van der Waals surface area contributed by atoms with Gasteiger partial charge in [-0.25, -0.2) is 4.79 Å². The molecule has 0 aliphatic heterocycles. The summed E-state index contributed by atoms with van der Waals surface area (Å²) in [5.41, 5.74) is 5.68. The smallest absolute Gasteiger partial charge is 0.339 e. The second-order valence-electron chi connectivity index (χ2n) is 2.67. The van der Waals surface area contributed by atoms with Crippen LogP contribution in [0.25, 0.3) is 11.0 Å². The highest BCUT2D eigenvalue weighted by Crippen LogP contribution is 2.27. The largest absolute Gasteiger partial charge is 0.507 e. The van der Waals surface area contributed by atoms with Gasteiger partial charge >= 0.3 is 5.63 Å². The van der Waals surface area contributed by atoms with Crippen molar-refractivity contribution in [2.45, 2.75) is 0 Å². The van der Waals surface area contributed by atoms with E-state index in [0.29, 0.717) is 16.7 Å². The van der Waals surface area contributed by atoms with E-state index >= 15 is 0 Å². The molecule has 13 heavy (non-hydrogen) atoms. The minimum absolute atomic E-state index is 0.149. The predicted molar refractivity (Wildman–Crippen MR) is 48.6 cm³/mol. The average molecular weight is 177 g/mol. The molecular formula is C9H7NO3. The van der Waals surface area contributed by atoms with Crippen molar-refractivity contribution in [3.8, 4) is 5.75 Å². The Labute approximate surface area is 73.2 Å². The first-order chi connectivity index (χ1) is 6.18. The van der Waals surface area contributed by atoms with Crippen LogP contribution in [-0.4, -0.2) is 5.11 Å². The van der Waals surface area contributed by atoms with Gasteiger partial charge in [0.15, 0.2) is 0 Å². The van der Waals surface area contributed by atoms with E-state index in [4.69, 9.17) is 10.2 Å². The van der Waals surface area contributed by atoms with Gasteiger partial charge in [-0.2, -0.15) is 0 Å². The molecule has 1 aromatic carbocycles. The number of benzene rings is 1. The van der Waals surface area contributed by atoms with Crippen molar-refractivity contribution in [2.75, 3.05) is 5.73 Å². The van der Waals surface area contributed by atoms with Crippen molar-refractivity contribution >= 4 is 16.7 Å². The molecule has 1 heterocycles. The highest BCUT2D eigenvalue weighted by molar-refractivity contribution is 5.93. The summed E-state index contributed by atoms with van der Waals surface area (Å²) in [5, 5.41) is 9.77. The van der Waals surface area contributed by atoms with Gasteiger partial charge in [0.1, 0.15) is 11.3 Å². The molecule has 0 bridgehead atoms. The van der Waals surface area contributed by atoms with Gasteiger partial charge in [0.05, 0.1) is 11.5 Å². The summed E-state index contributed by atoms with van der Waals surface area (Å²) < 4.78 is 4.83. The lowest BCUT2D eigenvalue weighted by Gasteiger charge is -2.01. The van der Waals surface area contributed by atoms with Crippen LogP contribution in [0.4, 0.5) is 5.69 Å². The molecule has 0 spiro atoms. The van der Waals surface area contributed by atoms with Gasteiger partial charge in [0, 0.05) is 5.69 Å². The van der Waals surface area contributed by atoms with E-state index in [9.17, 15) is 9.90 Å². The number of hydrogen-bond acceptors (Lipinski definition) is 4. The summed E-state index contributed by atoms with van der Waals surface area (Å²) >= 11 is 0. The molecule has 0 unspecified atom stereocenters. The Hall–Kier alpha value is -1.97. The Morgan fingerprint density at radius 3 is 2.92 bits per heavy atom. The van der Waals surface area contributed by atoms with Crippen LogP contribution in [0.3, 0.4) is 0 Å². The normalized spacial score (nSPS) is 10.5. The molecule has 1 aromatic heterocycles. The predicted octanol–water partition coefficient (Wildman–Crippen LogP) is 1.08. The number of rotatable bonds is 0. The van der Waals surface area contributed by atoms with Gasteiger partial charge in [0.2, 0.25) is 0 Å². The third-order valence-electron chi connectivity index (χ3n) is 1.78. The topological polar surface area (TPSA) is 76.5 Å². The van der Waals surface area contributed by atoms with Gasteiger partial charge in [-0.1, -0.05) is 6.07 Å². The number of fused-ring (bicyclic) bond motifs is 1. The molecule has 0 aliphatic rings. The van der Waals surface area contributed by atoms with Crippen LogP contribution >= 0.6 is 0 Å². The highest BCUT2D eigenvalue weighted by atomic mass is 16.4. The molecule has 2 aromatic rings. The van der Waals surface area contributed by atoms with Crippen molar-refractivity contribution in [1.82, 2.24) is 0 Å². The second kappa shape index (κ2) is 2.52. The fourth-order valence-corrected chi connectivity index (χ4v) is 1.23. The zero-order valence-corrected chi connectivity index (χ0v) is 6.65. The fourth-order valence-electron chi connectivity index (χ4n) is 1.23. The van der Waals surface area contributed by atoms with Crippen LogP contribution in [-0.2, 0) is 0 Å². The molecule has 4 heteroatoms. The fraction of sp³-hybridized carbons (Fsp3) is 0. The standard InChI is InChI=1S/C9H7NO3/c10-5-2-1-3-7-9(5)6(11)4-8(12)13-7/h1-4,11H,10H2. The van der Waals surface area contributed by atoms with E-state index in [2.05, 4.69) is 0 Å². The molecule has 4 nitrogen and oxygen atoms in total. The maximum atomic E-state index is 10.8. The minimum atomic E-state index is -0.587. The molecule has 0 fully saturated rings. The van der Waals surface area contributed by atoms with Crippen LogP contribution in [0, 0.1) is 0 Å². The maximum Gasteiger partial charge on any atom is 0.339 e. The molecule has 3 N–H and O–H groups in total. The minimum Gasteiger partial charge on any atom is -0.507 e. The van der Waals surface area contributed by atoms with E-state index in [1.54, 1.807) is 18.2 Å². The third-order valence-corrected chi connectivity index (χ3v) is 1.78. The van der Waals surface area contributed by atoms with Crippen LogP contribution in [0.15, 0.2) is 33.5 Å². The summed E-state index contributed by atoms with van der Waals surface area (Å²) in [4.78, 5) is 10.8. The van der Waals surface area contributed by atoms with Crippen LogP contribution in [0.1, 0.15) is 0 Å². The lowest BCUT2D eigenvalue weighted by molar-refractivity contribution is 0.468. The molecule has 0 aliphatic carbocycles. The van der Waals surface area contributed by atoms with Gasteiger partial charge < -0.3 is 15.3 Å². The summed E-state index contributed by atoms with van der Waals surface area (Å²) in [6, 6.07) is 5.85. The number of hydrogen-bond donors (Lipinski definition) is 2. The molecule has 0 saturated heterocycles. The van der Waals surface area contributed by atoms with Crippen LogP contribution in [0.5, 0.6) is 5.75 Å². The molecule has 0 atom stereocenters. The van der Waals surface area contributed by atoms with Crippen molar-refractivity contribution in [3.63, 3.8) is 0 Å². The quantitative estimate of drug-likeness (QED) is 0.466. The number of nitrogens with two attached hydrogens (primary N) is 1. The Morgan fingerprint density at radius 1 is 1.38 bits per heavy atom. The SMILES string of the molecule is Nc1cccc2oc(=O)cc(O)c12. The zero-order chi connectivity index (χ0) is 9.42. The lowest BCUT2D eigenvalue weighted by Crippen LogP contribution is -1.97. The maximum absolute atomic E-state index is 10.8. The Bertz CT molecular complexity index is 516. The first-order valence-electron chi connectivity index (χ1n) is 3.70. The summed E-state index contributed by atoms with van der Waals surface area (Å²) in [6.45, 7) is 0. The summed E-state index contributed by atoms with van der Waals surface area (Å²) in [6.07, 6.45) is 0. The molecule has 66 valence electrons. The Kier molecular flexibility index (Phi) is 1.48. The third kappa shape index (κ3) is 1.12. The van der Waals surface area contributed by atoms with Gasteiger partial charge in [-0.05, 0) is 12.1 Å². The lowest BCUT2D eigenvalue weighted by atomic mass is 10.2. The second-order valence-corrected chi connectivity index (χ2v) is 2.67. The van der Waals surface area contributed by atoms with E-state index in [1.165, 1.54) is 0 Å². The Balaban J connectivity index is 3.03. The first-order valence-corrected chi connectivity index (χ1v) is 3.70. The van der Waals surface area contributed by atoms with Gasteiger partial charge in [-0.15, -0.1) is 0 Å². The Morgan fingerprint density at radius 2 is 2.15 bits per heavy atom. The van der Waals surface area contributed by atoms with E-state index in [-0.39, 0.29) is 5.75 Å². The number of anilines is 1. The van der Waals surface area contributed by atoms with Gasteiger partial charge in [-0.3, -0.25) is 0 Å². The summed E-state index contributed by atoms with van der Waals surface area (Å²) in [7, 11) is 0. The zero-order valence-electron chi connectivity index (χ0n) is 6.65. The monoisotopic (exact) mass is 177 g/mol. The van der Waals surface area contributed by atoms with Crippen molar-refractivity contribution < 1.29 is 9.52 Å². The van der Waals surface area contributed by atoms with Crippen LogP contribution in [0.2, 0.25) is 0 Å².